The molecule has 7 heteroatoms. The molecule has 0 aliphatic heterocycles. The molecule has 2 N–H and O–H groups in total. The Labute approximate surface area is 153 Å². The first kappa shape index (κ1) is 17.8. The number of anilines is 3. The Balaban J connectivity index is 1.83. The van der Waals surface area contributed by atoms with E-state index in [1.807, 2.05) is 6.92 Å². The average molecular weight is 374 g/mol. The fourth-order valence-corrected chi connectivity index (χ4v) is 2.49. The number of rotatable bonds is 4. The lowest BCUT2D eigenvalue weighted by molar-refractivity contribution is 0.102. The number of aromatic nitrogens is 1. The topological polar surface area (TPSA) is 54.0 Å². The quantitative estimate of drug-likeness (QED) is 0.651. The van der Waals surface area contributed by atoms with E-state index in [0.29, 0.717) is 10.7 Å². The second kappa shape index (κ2) is 7.49. The molecule has 0 fully saturated rings. The summed E-state index contributed by atoms with van der Waals surface area (Å²) in [5.74, 6) is -1.90. The molecular weight excluding hydrogens is 360 g/mol. The number of amides is 1. The number of hydrogen-bond donors (Lipinski definition) is 2. The Morgan fingerprint density at radius 1 is 1.08 bits per heavy atom. The molecule has 3 rings (SSSR count). The minimum Gasteiger partial charge on any atom is -0.349 e. The highest BCUT2D eigenvalue weighted by Gasteiger charge is 2.12. The van der Waals surface area contributed by atoms with Crippen LogP contribution in [0.5, 0.6) is 0 Å². The van der Waals surface area contributed by atoms with Crippen LogP contribution in [0.25, 0.3) is 0 Å². The van der Waals surface area contributed by atoms with Crippen LogP contribution in [0.2, 0.25) is 5.02 Å². The van der Waals surface area contributed by atoms with Crippen LogP contribution in [0.3, 0.4) is 0 Å². The number of pyridine rings is 1. The summed E-state index contributed by atoms with van der Waals surface area (Å²) < 4.78 is 27.5. The lowest BCUT2D eigenvalue weighted by Crippen LogP contribution is -2.13. The van der Waals surface area contributed by atoms with Crippen LogP contribution in [-0.4, -0.2) is 10.9 Å². The van der Waals surface area contributed by atoms with Crippen molar-refractivity contribution < 1.29 is 13.6 Å². The van der Waals surface area contributed by atoms with Gasteiger partial charge in [0.15, 0.2) is 0 Å². The van der Waals surface area contributed by atoms with Gasteiger partial charge in [0.05, 0.1) is 17.4 Å². The lowest BCUT2D eigenvalue weighted by atomic mass is 10.2. The van der Waals surface area contributed by atoms with Crippen LogP contribution >= 0.6 is 11.6 Å². The zero-order valence-electron chi connectivity index (χ0n) is 13.7. The minimum absolute atomic E-state index is 0.228. The predicted octanol–water partition coefficient (Wildman–Crippen LogP) is 5.32. The SMILES string of the molecule is Cc1ccc(Cl)cc1NC(=O)c1cncc(Nc2c(F)cccc2F)c1. The first-order chi connectivity index (χ1) is 12.4. The molecule has 0 radical (unpaired) electrons. The lowest BCUT2D eigenvalue weighted by Gasteiger charge is -2.11. The summed E-state index contributed by atoms with van der Waals surface area (Å²) in [5.41, 5.74) is 1.62. The first-order valence-electron chi connectivity index (χ1n) is 7.67. The van der Waals surface area contributed by atoms with Crippen molar-refractivity contribution >= 4 is 34.6 Å². The van der Waals surface area contributed by atoms with E-state index in [2.05, 4.69) is 15.6 Å². The van der Waals surface area contributed by atoms with Crippen molar-refractivity contribution in [2.75, 3.05) is 10.6 Å². The maximum atomic E-state index is 13.8. The summed E-state index contributed by atoms with van der Waals surface area (Å²) in [6.45, 7) is 1.84. The maximum Gasteiger partial charge on any atom is 0.257 e. The van der Waals surface area contributed by atoms with E-state index in [9.17, 15) is 13.6 Å². The monoisotopic (exact) mass is 373 g/mol. The van der Waals surface area contributed by atoms with E-state index in [0.717, 1.165) is 17.7 Å². The summed E-state index contributed by atoms with van der Waals surface area (Å²) in [7, 11) is 0. The number of carbonyl (C=O) groups is 1. The van der Waals surface area contributed by atoms with Crippen LogP contribution in [0.1, 0.15) is 15.9 Å². The number of para-hydroxylation sites is 1. The van der Waals surface area contributed by atoms with Crippen LogP contribution in [0, 0.1) is 18.6 Å². The van der Waals surface area contributed by atoms with Crippen LogP contribution in [0.4, 0.5) is 25.8 Å². The van der Waals surface area contributed by atoms with Crippen LogP contribution in [0.15, 0.2) is 54.9 Å². The second-order valence-corrected chi connectivity index (χ2v) is 6.03. The van der Waals surface area contributed by atoms with Crippen LogP contribution < -0.4 is 10.6 Å². The van der Waals surface area contributed by atoms with Gasteiger partial charge in [0.2, 0.25) is 0 Å². The molecule has 2 aromatic carbocycles. The van der Waals surface area contributed by atoms with Gasteiger partial charge in [-0.05, 0) is 42.8 Å². The summed E-state index contributed by atoms with van der Waals surface area (Å²) in [5, 5.41) is 5.84. The van der Waals surface area contributed by atoms with Gasteiger partial charge in [-0.1, -0.05) is 23.7 Å². The zero-order chi connectivity index (χ0) is 18.7. The minimum atomic E-state index is -0.741. The molecule has 0 atom stereocenters. The Kier molecular flexibility index (Phi) is 5.14. The molecular formula is C19H14ClF2N3O. The molecule has 0 unspecified atom stereocenters. The summed E-state index contributed by atoms with van der Waals surface area (Å²) in [4.78, 5) is 16.4. The number of benzene rings is 2. The van der Waals surface area contributed by atoms with Crippen molar-refractivity contribution in [1.29, 1.82) is 0 Å². The Morgan fingerprint density at radius 3 is 2.54 bits per heavy atom. The van der Waals surface area contributed by atoms with Gasteiger partial charge in [-0.3, -0.25) is 9.78 Å². The first-order valence-corrected chi connectivity index (χ1v) is 8.05. The van der Waals surface area contributed by atoms with E-state index in [1.165, 1.54) is 24.5 Å². The highest BCUT2D eigenvalue weighted by molar-refractivity contribution is 6.31. The standard InChI is InChI=1S/C19H14ClF2N3O/c1-11-5-6-13(20)8-17(11)25-19(26)12-7-14(10-23-9-12)24-18-15(21)3-2-4-16(18)22/h2-10,24H,1H3,(H,25,26). The van der Waals surface area contributed by atoms with Crippen molar-refractivity contribution in [2.45, 2.75) is 6.92 Å². The normalized spacial score (nSPS) is 10.5. The summed E-state index contributed by atoms with van der Waals surface area (Å²) in [6, 6.07) is 10.1. The smallest absolute Gasteiger partial charge is 0.257 e. The van der Waals surface area contributed by atoms with Crippen LogP contribution in [-0.2, 0) is 0 Å². The molecule has 1 aromatic heterocycles. The van der Waals surface area contributed by atoms with Gasteiger partial charge >= 0.3 is 0 Å². The van der Waals surface area contributed by atoms with Crippen molar-refractivity contribution in [3.63, 3.8) is 0 Å². The van der Waals surface area contributed by atoms with E-state index in [1.54, 1.807) is 18.2 Å². The molecule has 26 heavy (non-hydrogen) atoms. The number of aryl methyl sites for hydroxylation is 1. The number of hydrogen-bond acceptors (Lipinski definition) is 3. The third-order valence-corrected chi connectivity index (χ3v) is 3.92. The fourth-order valence-electron chi connectivity index (χ4n) is 2.32. The average Bonchev–Trinajstić information content (AvgIpc) is 2.62. The van der Waals surface area contributed by atoms with Gasteiger partial charge in [-0.25, -0.2) is 8.78 Å². The largest absolute Gasteiger partial charge is 0.349 e. The third-order valence-electron chi connectivity index (χ3n) is 3.68. The molecule has 3 aromatic rings. The molecule has 1 amide bonds. The van der Waals surface area contributed by atoms with Gasteiger partial charge in [0.25, 0.3) is 5.91 Å². The number of carbonyl (C=O) groups excluding carboxylic acids is 1. The Bertz CT molecular complexity index is 958. The molecule has 0 bridgehead atoms. The molecule has 0 saturated heterocycles. The van der Waals surface area contributed by atoms with Crippen molar-refractivity contribution in [3.05, 3.63) is 82.6 Å². The van der Waals surface area contributed by atoms with Crippen molar-refractivity contribution in [2.24, 2.45) is 0 Å². The van der Waals surface area contributed by atoms with E-state index in [-0.39, 0.29) is 16.9 Å². The number of nitrogens with one attached hydrogen (secondary N) is 2. The molecule has 0 aliphatic rings. The predicted molar refractivity (Wildman–Crippen MR) is 98.0 cm³/mol. The fraction of sp³-hybridized carbons (Fsp3) is 0.0526. The van der Waals surface area contributed by atoms with Crippen molar-refractivity contribution in [1.82, 2.24) is 4.98 Å². The van der Waals surface area contributed by atoms with Gasteiger partial charge in [-0.2, -0.15) is 0 Å². The number of nitrogens with zero attached hydrogens (tertiary/aromatic N) is 1. The highest BCUT2D eigenvalue weighted by atomic mass is 35.5. The Hall–Kier alpha value is -2.99. The maximum absolute atomic E-state index is 13.8. The summed E-state index contributed by atoms with van der Waals surface area (Å²) in [6.07, 6.45) is 2.73. The second-order valence-electron chi connectivity index (χ2n) is 5.60. The van der Waals surface area contributed by atoms with Gasteiger partial charge in [0, 0.05) is 16.9 Å². The summed E-state index contributed by atoms with van der Waals surface area (Å²) >= 11 is 5.95. The van der Waals surface area contributed by atoms with E-state index in [4.69, 9.17) is 11.6 Å². The molecule has 0 saturated carbocycles. The molecule has 4 nitrogen and oxygen atoms in total. The highest BCUT2D eigenvalue weighted by Crippen LogP contribution is 2.24. The molecule has 0 spiro atoms. The van der Waals surface area contributed by atoms with Gasteiger partial charge in [-0.15, -0.1) is 0 Å². The number of halogens is 3. The van der Waals surface area contributed by atoms with Gasteiger partial charge < -0.3 is 10.6 Å². The van der Waals surface area contributed by atoms with E-state index < -0.39 is 17.5 Å². The molecule has 132 valence electrons. The van der Waals surface area contributed by atoms with Gasteiger partial charge in [0.1, 0.15) is 17.3 Å². The van der Waals surface area contributed by atoms with E-state index >= 15 is 0 Å². The third kappa shape index (κ3) is 3.97. The molecule has 0 aliphatic carbocycles. The Morgan fingerprint density at radius 2 is 1.81 bits per heavy atom. The zero-order valence-corrected chi connectivity index (χ0v) is 14.4. The molecule has 1 heterocycles. The van der Waals surface area contributed by atoms with Crippen molar-refractivity contribution in [3.8, 4) is 0 Å².